The van der Waals surface area contributed by atoms with E-state index in [2.05, 4.69) is 0 Å². The van der Waals surface area contributed by atoms with Crippen LogP contribution in [0.5, 0.6) is 5.75 Å². The number of benzene rings is 2. The van der Waals surface area contributed by atoms with Gasteiger partial charge in [0.1, 0.15) is 18.2 Å². The second-order valence-corrected chi connectivity index (χ2v) is 4.39. The van der Waals surface area contributed by atoms with Gasteiger partial charge in [0.25, 0.3) is 0 Å². The number of halogens is 1. The lowest BCUT2D eigenvalue weighted by Gasteiger charge is -2.14. The maximum Gasteiger partial charge on any atom is 0.495 e. The minimum atomic E-state index is -2.00. The van der Waals surface area contributed by atoms with Gasteiger partial charge in [-0.3, -0.25) is 0 Å². The second kappa shape index (κ2) is 6.73. The zero-order valence-corrected chi connectivity index (χ0v) is 11.0. The van der Waals surface area contributed by atoms with Crippen LogP contribution in [0.2, 0.25) is 0 Å². The Kier molecular flexibility index (Phi) is 4.98. The van der Waals surface area contributed by atoms with E-state index in [1.54, 1.807) is 18.2 Å². The molecule has 0 aliphatic heterocycles. The first kappa shape index (κ1) is 15.5. The molecule has 0 saturated heterocycles. The zero-order valence-electron chi connectivity index (χ0n) is 11.0. The molecule has 0 unspecified atom stereocenters. The predicted molar refractivity (Wildman–Crippen MR) is 76.8 cm³/mol. The highest BCUT2D eigenvalue weighted by molar-refractivity contribution is 6.60. The molecule has 2 rings (SSSR count). The molecule has 0 saturated carbocycles. The minimum absolute atomic E-state index is 0.0211. The lowest BCUT2D eigenvalue weighted by Crippen LogP contribution is -2.35. The first-order chi connectivity index (χ1) is 10.0. The van der Waals surface area contributed by atoms with Gasteiger partial charge in [-0.25, -0.2) is 4.39 Å². The van der Waals surface area contributed by atoms with E-state index in [1.165, 1.54) is 18.2 Å². The van der Waals surface area contributed by atoms with Crippen LogP contribution >= 0.6 is 0 Å². The van der Waals surface area contributed by atoms with Gasteiger partial charge in [0, 0.05) is 0 Å². The van der Waals surface area contributed by atoms with Crippen LogP contribution in [0, 0.1) is 5.82 Å². The highest BCUT2D eigenvalue weighted by Gasteiger charge is 2.22. The van der Waals surface area contributed by atoms with Gasteiger partial charge in [-0.1, -0.05) is 30.3 Å². The smallest absolute Gasteiger partial charge is 0.489 e. The summed E-state index contributed by atoms with van der Waals surface area (Å²) in [5, 5.41) is 36.9. The van der Waals surface area contributed by atoms with Gasteiger partial charge >= 0.3 is 14.2 Å². The molecule has 8 heteroatoms. The van der Waals surface area contributed by atoms with E-state index in [-0.39, 0.29) is 23.3 Å². The van der Waals surface area contributed by atoms with E-state index in [1.807, 2.05) is 0 Å². The maximum absolute atomic E-state index is 13.6. The van der Waals surface area contributed by atoms with Crippen molar-refractivity contribution in [1.82, 2.24) is 0 Å². The molecule has 2 aromatic rings. The Morgan fingerprint density at radius 1 is 0.905 bits per heavy atom. The first-order valence-electron chi connectivity index (χ1n) is 6.22. The molecule has 0 atom stereocenters. The minimum Gasteiger partial charge on any atom is -0.489 e. The molecule has 0 aliphatic carbocycles. The quantitative estimate of drug-likeness (QED) is 0.517. The Morgan fingerprint density at radius 3 is 2.29 bits per heavy atom. The summed E-state index contributed by atoms with van der Waals surface area (Å²) in [6.07, 6.45) is 0. The summed E-state index contributed by atoms with van der Waals surface area (Å²) in [6.45, 7) is -0.0725. The van der Waals surface area contributed by atoms with E-state index in [4.69, 9.17) is 4.74 Å². The van der Waals surface area contributed by atoms with Crippen LogP contribution in [0.15, 0.2) is 42.5 Å². The third-order valence-electron chi connectivity index (χ3n) is 2.99. The average Bonchev–Trinajstić information content (AvgIpc) is 2.44. The first-order valence-corrected chi connectivity index (χ1v) is 6.22. The van der Waals surface area contributed by atoms with Gasteiger partial charge in [-0.2, -0.15) is 0 Å². The molecule has 0 aliphatic rings. The molecule has 0 amide bonds. The van der Waals surface area contributed by atoms with Crippen molar-refractivity contribution >= 4 is 25.2 Å². The van der Waals surface area contributed by atoms with Crippen LogP contribution in [0.3, 0.4) is 0 Å². The molecular formula is C13H13B2FO5. The fourth-order valence-electron chi connectivity index (χ4n) is 1.97. The third kappa shape index (κ3) is 3.62. The van der Waals surface area contributed by atoms with E-state index >= 15 is 0 Å². The topological polar surface area (TPSA) is 90.2 Å². The molecular weight excluding hydrogens is 277 g/mol. The normalized spacial score (nSPS) is 10.3. The predicted octanol–water partition coefficient (Wildman–Crippen LogP) is -1.24. The van der Waals surface area contributed by atoms with Crippen molar-refractivity contribution in [2.75, 3.05) is 0 Å². The molecule has 5 nitrogen and oxygen atoms in total. The molecule has 0 bridgehead atoms. The number of ether oxygens (including phenoxy) is 1. The standard InChI is InChI=1S/C13H13B2FO5/c16-11-6-3-7-12(13(11)15(19)20)21-8-9-4-1-2-5-10(9)14(17)18/h1-7,17-20H,8H2. The van der Waals surface area contributed by atoms with Gasteiger partial charge in [-0.15, -0.1) is 0 Å². The van der Waals surface area contributed by atoms with E-state index < -0.39 is 20.1 Å². The monoisotopic (exact) mass is 290 g/mol. The van der Waals surface area contributed by atoms with E-state index in [9.17, 15) is 24.5 Å². The Balaban J connectivity index is 2.23. The number of hydrogen-bond acceptors (Lipinski definition) is 5. The van der Waals surface area contributed by atoms with Crippen molar-refractivity contribution in [3.8, 4) is 5.75 Å². The van der Waals surface area contributed by atoms with Gasteiger partial charge < -0.3 is 24.8 Å². The molecule has 0 aromatic heterocycles. The third-order valence-corrected chi connectivity index (χ3v) is 2.99. The van der Waals surface area contributed by atoms with E-state index in [0.29, 0.717) is 5.56 Å². The highest BCUT2D eigenvalue weighted by Crippen LogP contribution is 2.12. The van der Waals surface area contributed by atoms with Crippen molar-refractivity contribution in [3.05, 3.63) is 53.8 Å². The molecule has 0 fully saturated rings. The number of rotatable bonds is 5. The number of hydrogen-bond donors (Lipinski definition) is 4. The van der Waals surface area contributed by atoms with Crippen LogP contribution in [-0.2, 0) is 6.61 Å². The average molecular weight is 290 g/mol. The molecule has 0 radical (unpaired) electrons. The van der Waals surface area contributed by atoms with Gasteiger partial charge in [0.05, 0.1) is 5.46 Å². The van der Waals surface area contributed by atoms with Crippen molar-refractivity contribution in [1.29, 1.82) is 0 Å². The van der Waals surface area contributed by atoms with Crippen LogP contribution in [0.4, 0.5) is 4.39 Å². The maximum atomic E-state index is 13.6. The van der Waals surface area contributed by atoms with Crippen LogP contribution < -0.4 is 15.7 Å². The van der Waals surface area contributed by atoms with Crippen LogP contribution in [-0.4, -0.2) is 34.3 Å². The second-order valence-electron chi connectivity index (χ2n) is 4.39. The van der Waals surface area contributed by atoms with Crippen LogP contribution in [0.1, 0.15) is 5.56 Å². The van der Waals surface area contributed by atoms with Crippen molar-refractivity contribution in [2.45, 2.75) is 6.61 Å². The lowest BCUT2D eigenvalue weighted by molar-refractivity contribution is 0.305. The summed E-state index contributed by atoms with van der Waals surface area (Å²) in [7, 11) is -3.65. The lowest BCUT2D eigenvalue weighted by atomic mass is 9.77. The Hall–Kier alpha value is -1.86. The van der Waals surface area contributed by atoms with E-state index in [0.717, 1.165) is 6.07 Å². The van der Waals surface area contributed by atoms with Crippen molar-refractivity contribution in [3.63, 3.8) is 0 Å². The van der Waals surface area contributed by atoms with Gasteiger partial charge in [0.15, 0.2) is 0 Å². The molecule has 2 aromatic carbocycles. The fourth-order valence-corrected chi connectivity index (χ4v) is 1.97. The van der Waals surface area contributed by atoms with Gasteiger partial charge in [-0.05, 0) is 23.2 Å². The molecule has 108 valence electrons. The summed E-state index contributed by atoms with van der Waals surface area (Å²) in [5.74, 6) is -0.815. The van der Waals surface area contributed by atoms with Crippen molar-refractivity contribution in [2.24, 2.45) is 0 Å². The van der Waals surface area contributed by atoms with Crippen molar-refractivity contribution < 1.29 is 29.2 Å². The molecule has 0 heterocycles. The summed E-state index contributed by atoms with van der Waals surface area (Å²) in [6, 6.07) is 10.4. The zero-order chi connectivity index (χ0) is 15.4. The summed E-state index contributed by atoms with van der Waals surface area (Å²) >= 11 is 0. The SMILES string of the molecule is OB(O)c1ccccc1COc1cccc(F)c1B(O)O. The Morgan fingerprint density at radius 2 is 1.62 bits per heavy atom. The molecule has 21 heavy (non-hydrogen) atoms. The molecule has 4 N–H and O–H groups in total. The van der Waals surface area contributed by atoms with Crippen LogP contribution in [0.25, 0.3) is 0 Å². The summed E-state index contributed by atoms with van der Waals surface area (Å²) in [4.78, 5) is 0. The van der Waals surface area contributed by atoms with Gasteiger partial charge in [0.2, 0.25) is 0 Å². The Labute approximate surface area is 121 Å². The Bertz CT molecular complexity index is 621. The largest absolute Gasteiger partial charge is 0.495 e. The summed E-state index contributed by atoms with van der Waals surface area (Å²) in [5.41, 5.74) is 0.398. The molecule has 0 spiro atoms. The summed E-state index contributed by atoms with van der Waals surface area (Å²) < 4.78 is 18.9. The fraction of sp³-hybridized carbons (Fsp3) is 0.0769. The highest BCUT2D eigenvalue weighted by atomic mass is 19.1.